The Balaban J connectivity index is 2.19. The highest BCUT2D eigenvalue weighted by Crippen LogP contribution is 2.14. The van der Waals surface area contributed by atoms with Crippen molar-refractivity contribution >= 4 is 11.9 Å². The summed E-state index contributed by atoms with van der Waals surface area (Å²) in [6.07, 6.45) is 2.51. The van der Waals surface area contributed by atoms with E-state index in [1.165, 1.54) is 0 Å². The number of benzene rings is 1. The first-order chi connectivity index (χ1) is 9.11. The van der Waals surface area contributed by atoms with Crippen LogP contribution in [-0.4, -0.2) is 23.5 Å². The van der Waals surface area contributed by atoms with Crippen molar-refractivity contribution in [1.29, 1.82) is 0 Å². The lowest BCUT2D eigenvalue weighted by atomic mass is 10.0. The van der Waals surface area contributed by atoms with Gasteiger partial charge in [0.2, 0.25) is 5.91 Å². The van der Waals surface area contributed by atoms with E-state index in [2.05, 4.69) is 5.32 Å². The molecule has 1 atom stereocenters. The van der Waals surface area contributed by atoms with E-state index in [0.29, 0.717) is 13.0 Å². The van der Waals surface area contributed by atoms with Gasteiger partial charge >= 0.3 is 5.97 Å². The molecule has 4 nitrogen and oxygen atoms in total. The zero-order chi connectivity index (χ0) is 14.1. The standard InChI is InChI=1S/C15H21NO3/c1-12(13-8-4-2-5-9-13)15(19)16-11-7-3-6-10-14(17)18/h2,4-5,8-9,12H,3,6-7,10-11H2,1H3,(H,16,19)(H,17,18). The average molecular weight is 263 g/mol. The van der Waals surface area contributed by atoms with Crippen molar-refractivity contribution in [1.82, 2.24) is 5.32 Å². The van der Waals surface area contributed by atoms with Crippen LogP contribution in [0.25, 0.3) is 0 Å². The first-order valence-corrected chi connectivity index (χ1v) is 6.65. The van der Waals surface area contributed by atoms with Gasteiger partial charge in [-0.25, -0.2) is 0 Å². The molecule has 104 valence electrons. The molecule has 0 saturated carbocycles. The van der Waals surface area contributed by atoms with E-state index in [0.717, 1.165) is 18.4 Å². The number of aliphatic carboxylic acids is 1. The summed E-state index contributed by atoms with van der Waals surface area (Å²) in [5.41, 5.74) is 1.01. The number of carbonyl (C=O) groups is 2. The first-order valence-electron chi connectivity index (χ1n) is 6.65. The number of amides is 1. The molecule has 1 amide bonds. The Hall–Kier alpha value is -1.84. The molecule has 1 rings (SSSR count). The van der Waals surface area contributed by atoms with E-state index >= 15 is 0 Å². The SMILES string of the molecule is CC(C(=O)NCCCCCC(=O)O)c1ccccc1. The van der Waals surface area contributed by atoms with Gasteiger partial charge in [-0.15, -0.1) is 0 Å². The van der Waals surface area contributed by atoms with Crippen molar-refractivity contribution in [2.75, 3.05) is 6.54 Å². The number of carboxylic acids is 1. The van der Waals surface area contributed by atoms with Gasteiger partial charge in [0.15, 0.2) is 0 Å². The van der Waals surface area contributed by atoms with Crippen LogP contribution < -0.4 is 5.32 Å². The average Bonchev–Trinajstić information content (AvgIpc) is 2.42. The maximum absolute atomic E-state index is 11.9. The van der Waals surface area contributed by atoms with Crippen LogP contribution in [0.15, 0.2) is 30.3 Å². The van der Waals surface area contributed by atoms with Crippen molar-refractivity contribution in [2.24, 2.45) is 0 Å². The molecule has 0 heterocycles. The maximum Gasteiger partial charge on any atom is 0.303 e. The molecule has 1 aromatic carbocycles. The molecule has 2 N–H and O–H groups in total. The number of rotatable bonds is 8. The first kappa shape index (κ1) is 15.2. The van der Waals surface area contributed by atoms with Crippen LogP contribution in [0, 0.1) is 0 Å². The Morgan fingerprint density at radius 1 is 1.16 bits per heavy atom. The number of hydrogen-bond acceptors (Lipinski definition) is 2. The monoisotopic (exact) mass is 263 g/mol. The quantitative estimate of drug-likeness (QED) is 0.708. The predicted octanol–water partition coefficient (Wildman–Crippen LogP) is 2.55. The number of carboxylic acid groups (broad SMARTS) is 1. The topological polar surface area (TPSA) is 66.4 Å². The van der Waals surface area contributed by atoms with E-state index in [4.69, 9.17) is 5.11 Å². The van der Waals surface area contributed by atoms with Crippen LogP contribution in [0.3, 0.4) is 0 Å². The Morgan fingerprint density at radius 3 is 2.47 bits per heavy atom. The molecule has 19 heavy (non-hydrogen) atoms. The third-order valence-corrected chi connectivity index (χ3v) is 3.06. The minimum absolute atomic E-state index is 0.0180. The fourth-order valence-electron chi connectivity index (χ4n) is 1.84. The molecular formula is C15H21NO3. The lowest BCUT2D eigenvalue weighted by Gasteiger charge is -2.12. The highest BCUT2D eigenvalue weighted by Gasteiger charge is 2.13. The van der Waals surface area contributed by atoms with Crippen molar-refractivity contribution in [3.8, 4) is 0 Å². The molecule has 0 aliphatic carbocycles. The minimum Gasteiger partial charge on any atom is -0.481 e. The second-order valence-corrected chi connectivity index (χ2v) is 4.63. The zero-order valence-corrected chi connectivity index (χ0v) is 11.3. The summed E-state index contributed by atoms with van der Waals surface area (Å²) in [5.74, 6) is -0.897. The van der Waals surface area contributed by atoms with E-state index in [1.807, 2.05) is 37.3 Å². The molecule has 0 bridgehead atoms. The highest BCUT2D eigenvalue weighted by molar-refractivity contribution is 5.83. The van der Waals surface area contributed by atoms with Crippen molar-refractivity contribution in [3.63, 3.8) is 0 Å². The molecule has 0 aromatic heterocycles. The van der Waals surface area contributed by atoms with E-state index in [1.54, 1.807) is 0 Å². The molecule has 0 aliphatic heterocycles. The summed E-state index contributed by atoms with van der Waals surface area (Å²) in [6.45, 7) is 2.49. The minimum atomic E-state index is -0.762. The molecule has 1 aromatic rings. The van der Waals surface area contributed by atoms with E-state index in [-0.39, 0.29) is 18.2 Å². The molecular weight excluding hydrogens is 242 g/mol. The normalized spacial score (nSPS) is 11.8. The van der Waals surface area contributed by atoms with Gasteiger partial charge in [-0.1, -0.05) is 36.8 Å². The van der Waals surface area contributed by atoms with Crippen LogP contribution in [0.1, 0.15) is 44.1 Å². The van der Waals surface area contributed by atoms with Crippen molar-refractivity contribution in [2.45, 2.75) is 38.5 Å². The second-order valence-electron chi connectivity index (χ2n) is 4.63. The Labute approximate surface area is 113 Å². The fraction of sp³-hybridized carbons (Fsp3) is 0.467. The molecule has 1 unspecified atom stereocenters. The molecule has 4 heteroatoms. The maximum atomic E-state index is 11.9. The number of carbonyl (C=O) groups excluding carboxylic acids is 1. The van der Waals surface area contributed by atoms with Gasteiger partial charge in [-0.05, 0) is 25.3 Å². The summed E-state index contributed by atoms with van der Waals surface area (Å²) in [6, 6.07) is 9.65. The molecule has 0 radical (unpaired) electrons. The lowest BCUT2D eigenvalue weighted by molar-refractivity contribution is -0.137. The summed E-state index contributed by atoms with van der Waals surface area (Å²) in [7, 11) is 0. The Kier molecular flexibility index (Phi) is 6.64. The zero-order valence-electron chi connectivity index (χ0n) is 11.3. The molecule has 0 fully saturated rings. The third-order valence-electron chi connectivity index (χ3n) is 3.06. The molecule has 0 aliphatic rings. The van der Waals surface area contributed by atoms with Gasteiger partial charge in [-0.3, -0.25) is 9.59 Å². The lowest BCUT2D eigenvalue weighted by Crippen LogP contribution is -2.28. The number of hydrogen-bond donors (Lipinski definition) is 2. The van der Waals surface area contributed by atoms with Crippen LogP contribution in [0.2, 0.25) is 0 Å². The smallest absolute Gasteiger partial charge is 0.303 e. The molecule has 0 spiro atoms. The van der Waals surface area contributed by atoms with Gasteiger partial charge in [0.05, 0.1) is 5.92 Å². The van der Waals surface area contributed by atoms with Gasteiger partial charge < -0.3 is 10.4 Å². The van der Waals surface area contributed by atoms with Gasteiger partial charge in [0.25, 0.3) is 0 Å². The largest absolute Gasteiger partial charge is 0.481 e. The van der Waals surface area contributed by atoms with E-state index < -0.39 is 5.97 Å². The van der Waals surface area contributed by atoms with Crippen LogP contribution in [0.5, 0.6) is 0 Å². The van der Waals surface area contributed by atoms with Crippen LogP contribution in [0.4, 0.5) is 0 Å². The van der Waals surface area contributed by atoms with E-state index in [9.17, 15) is 9.59 Å². The number of unbranched alkanes of at least 4 members (excludes halogenated alkanes) is 2. The second kappa shape index (κ2) is 8.29. The Bertz CT molecular complexity index is 403. The summed E-state index contributed by atoms with van der Waals surface area (Å²) in [4.78, 5) is 22.2. The van der Waals surface area contributed by atoms with Crippen molar-refractivity contribution < 1.29 is 14.7 Å². The van der Waals surface area contributed by atoms with Crippen molar-refractivity contribution in [3.05, 3.63) is 35.9 Å². The van der Waals surface area contributed by atoms with Gasteiger partial charge in [0.1, 0.15) is 0 Å². The van der Waals surface area contributed by atoms with Crippen LogP contribution in [-0.2, 0) is 9.59 Å². The van der Waals surface area contributed by atoms with Gasteiger partial charge in [0, 0.05) is 13.0 Å². The van der Waals surface area contributed by atoms with Gasteiger partial charge in [-0.2, -0.15) is 0 Å². The van der Waals surface area contributed by atoms with Crippen LogP contribution >= 0.6 is 0 Å². The fourth-order valence-corrected chi connectivity index (χ4v) is 1.84. The summed E-state index contributed by atoms with van der Waals surface area (Å²) in [5, 5.41) is 11.4. The Morgan fingerprint density at radius 2 is 1.84 bits per heavy atom. The highest BCUT2D eigenvalue weighted by atomic mass is 16.4. The summed E-state index contributed by atoms with van der Waals surface area (Å²) < 4.78 is 0. The number of nitrogens with one attached hydrogen (secondary N) is 1. The molecule has 0 saturated heterocycles. The summed E-state index contributed by atoms with van der Waals surface area (Å²) >= 11 is 0. The third kappa shape index (κ3) is 6.04. The predicted molar refractivity (Wildman–Crippen MR) is 74.0 cm³/mol.